The summed E-state index contributed by atoms with van der Waals surface area (Å²) in [5, 5.41) is 3.63. The maximum Gasteiger partial charge on any atom is 0.0386 e. The molecule has 0 spiro atoms. The van der Waals surface area contributed by atoms with Crippen molar-refractivity contribution < 1.29 is 0 Å². The molecule has 3 heteroatoms. The van der Waals surface area contributed by atoms with E-state index in [1.54, 1.807) is 0 Å². The predicted octanol–water partition coefficient (Wildman–Crippen LogP) is 2.58. The van der Waals surface area contributed by atoms with Crippen molar-refractivity contribution in [3.63, 3.8) is 0 Å². The fourth-order valence-corrected chi connectivity index (χ4v) is 3.15. The van der Waals surface area contributed by atoms with Crippen LogP contribution in [0.15, 0.2) is 24.3 Å². The molecule has 0 radical (unpaired) electrons. The van der Waals surface area contributed by atoms with Crippen LogP contribution in [0.2, 0.25) is 0 Å². The summed E-state index contributed by atoms with van der Waals surface area (Å²) in [5.74, 6) is 0. The molecule has 2 atom stereocenters. The molecule has 1 heterocycles. The highest BCUT2D eigenvalue weighted by molar-refractivity contribution is 5.58. The van der Waals surface area contributed by atoms with Crippen LogP contribution in [-0.4, -0.2) is 25.2 Å². The lowest BCUT2D eigenvalue weighted by molar-refractivity contribution is 0.688. The number of nitrogens with one attached hydrogen (secondary N) is 1. The van der Waals surface area contributed by atoms with Gasteiger partial charge in [-0.1, -0.05) is 6.07 Å². The maximum absolute atomic E-state index is 5.96. The second-order valence-corrected chi connectivity index (χ2v) is 5.66. The average molecular weight is 245 g/mol. The number of nitrogens with two attached hydrogens (primary N) is 1. The first-order valence-electron chi connectivity index (χ1n) is 7.18. The Balaban J connectivity index is 1.66. The number of nitrogens with zero attached hydrogens (tertiary/aromatic N) is 1. The van der Waals surface area contributed by atoms with Crippen molar-refractivity contribution in [3.8, 4) is 0 Å². The molecule has 1 aromatic rings. The summed E-state index contributed by atoms with van der Waals surface area (Å²) < 4.78 is 0. The van der Waals surface area contributed by atoms with E-state index in [2.05, 4.69) is 34.5 Å². The summed E-state index contributed by atoms with van der Waals surface area (Å²) in [6.45, 7) is 2.41. The predicted molar refractivity (Wildman–Crippen MR) is 77.1 cm³/mol. The van der Waals surface area contributed by atoms with E-state index in [1.165, 1.54) is 43.7 Å². The minimum Gasteiger partial charge on any atom is -0.382 e. The van der Waals surface area contributed by atoms with E-state index in [1.807, 2.05) is 0 Å². The Morgan fingerprint density at radius 3 is 2.72 bits per heavy atom. The Hall–Kier alpha value is -1.22. The van der Waals surface area contributed by atoms with Gasteiger partial charge in [0.05, 0.1) is 0 Å². The molecule has 1 aromatic carbocycles. The van der Waals surface area contributed by atoms with Crippen molar-refractivity contribution in [2.24, 2.45) is 5.73 Å². The Morgan fingerprint density at radius 2 is 2.00 bits per heavy atom. The molecule has 3 rings (SSSR count). The second-order valence-electron chi connectivity index (χ2n) is 5.66. The first kappa shape index (κ1) is 11.8. The highest BCUT2D eigenvalue weighted by Crippen LogP contribution is 2.26. The molecule has 2 unspecified atom stereocenters. The Morgan fingerprint density at radius 1 is 1.17 bits per heavy atom. The van der Waals surface area contributed by atoms with Crippen LogP contribution in [0.4, 0.5) is 11.4 Å². The summed E-state index contributed by atoms with van der Waals surface area (Å²) in [4.78, 5) is 2.48. The van der Waals surface area contributed by atoms with Crippen molar-refractivity contribution in [1.82, 2.24) is 0 Å². The number of rotatable bonds is 3. The molecule has 2 aliphatic rings. The van der Waals surface area contributed by atoms with Crippen molar-refractivity contribution in [1.29, 1.82) is 0 Å². The molecule has 1 aliphatic heterocycles. The largest absolute Gasteiger partial charge is 0.382 e. The topological polar surface area (TPSA) is 41.3 Å². The molecule has 2 fully saturated rings. The van der Waals surface area contributed by atoms with Crippen molar-refractivity contribution >= 4 is 11.4 Å². The minimum atomic E-state index is 0.393. The zero-order chi connectivity index (χ0) is 12.4. The fraction of sp³-hybridized carbons (Fsp3) is 0.600. The van der Waals surface area contributed by atoms with Crippen LogP contribution < -0.4 is 16.0 Å². The summed E-state index contributed by atoms with van der Waals surface area (Å²) in [6.07, 6.45) is 6.12. The van der Waals surface area contributed by atoms with Gasteiger partial charge in [-0.25, -0.2) is 0 Å². The molecular weight excluding hydrogens is 222 g/mol. The van der Waals surface area contributed by atoms with Crippen LogP contribution in [0.1, 0.15) is 32.1 Å². The van der Waals surface area contributed by atoms with Crippen LogP contribution in [0.25, 0.3) is 0 Å². The lowest BCUT2D eigenvalue weighted by atomic mass is 10.2. The van der Waals surface area contributed by atoms with E-state index in [0.29, 0.717) is 12.1 Å². The third-order valence-electron chi connectivity index (χ3n) is 4.16. The Labute approximate surface area is 109 Å². The third kappa shape index (κ3) is 2.61. The van der Waals surface area contributed by atoms with Crippen LogP contribution in [0.5, 0.6) is 0 Å². The summed E-state index contributed by atoms with van der Waals surface area (Å²) in [6, 6.07) is 9.79. The number of benzene rings is 1. The SMILES string of the molecule is NC1CCC(Nc2cccc(N3CCCC3)c2)C1. The highest BCUT2D eigenvalue weighted by Gasteiger charge is 2.21. The smallest absolute Gasteiger partial charge is 0.0386 e. The molecule has 3 nitrogen and oxygen atoms in total. The Kier molecular flexibility index (Phi) is 3.41. The van der Waals surface area contributed by atoms with Crippen molar-refractivity contribution in [3.05, 3.63) is 24.3 Å². The molecular formula is C15H23N3. The van der Waals surface area contributed by atoms with Gasteiger partial charge >= 0.3 is 0 Å². The molecule has 18 heavy (non-hydrogen) atoms. The van der Waals surface area contributed by atoms with E-state index in [9.17, 15) is 0 Å². The molecule has 3 N–H and O–H groups in total. The van der Waals surface area contributed by atoms with Crippen molar-refractivity contribution in [2.75, 3.05) is 23.3 Å². The van der Waals surface area contributed by atoms with E-state index in [0.717, 1.165) is 12.8 Å². The number of hydrogen-bond donors (Lipinski definition) is 2. The van der Waals surface area contributed by atoms with Gasteiger partial charge in [-0.05, 0) is 50.3 Å². The molecule has 0 bridgehead atoms. The molecule has 0 aromatic heterocycles. The normalized spacial score (nSPS) is 27.7. The van der Waals surface area contributed by atoms with Gasteiger partial charge in [0.15, 0.2) is 0 Å². The highest BCUT2D eigenvalue weighted by atomic mass is 15.1. The first-order valence-corrected chi connectivity index (χ1v) is 7.18. The third-order valence-corrected chi connectivity index (χ3v) is 4.16. The maximum atomic E-state index is 5.96. The van der Waals surface area contributed by atoms with Crippen LogP contribution in [0.3, 0.4) is 0 Å². The van der Waals surface area contributed by atoms with E-state index in [-0.39, 0.29) is 0 Å². The second kappa shape index (κ2) is 5.19. The quantitative estimate of drug-likeness (QED) is 0.860. The van der Waals surface area contributed by atoms with Gasteiger partial charge in [-0.3, -0.25) is 0 Å². The number of anilines is 2. The summed E-state index contributed by atoms with van der Waals surface area (Å²) in [7, 11) is 0. The zero-order valence-corrected chi connectivity index (χ0v) is 10.9. The van der Waals surface area contributed by atoms with Gasteiger partial charge in [-0.15, -0.1) is 0 Å². The van der Waals surface area contributed by atoms with Crippen LogP contribution >= 0.6 is 0 Å². The molecule has 0 amide bonds. The minimum absolute atomic E-state index is 0.393. The van der Waals surface area contributed by atoms with E-state index in [4.69, 9.17) is 5.73 Å². The number of hydrogen-bond acceptors (Lipinski definition) is 3. The first-order chi connectivity index (χ1) is 8.81. The summed E-state index contributed by atoms with van der Waals surface area (Å²) in [5.41, 5.74) is 8.57. The summed E-state index contributed by atoms with van der Waals surface area (Å²) >= 11 is 0. The van der Waals surface area contributed by atoms with Gasteiger partial charge < -0.3 is 16.0 Å². The standard InChI is InChI=1S/C15H23N3/c16-12-6-7-14(10-12)17-13-4-3-5-15(11-13)18-8-1-2-9-18/h3-5,11-12,14,17H,1-2,6-10,16H2. The van der Waals surface area contributed by atoms with Gasteiger partial charge in [0.1, 0.15) is 0 Å². The Bertz CT molecular complexity index is 398. The van der Waals surface area contributed by atoms with E-state index < -0.39 is 0 Å². The molecule has 1 saturated carbocycles. The lowest BCUT2D eigenvalue weighted by Gasteiger charge is -2.20. The van der Waals surface area contributed by atoms with Crippen LogP contribution in [-0.2, 0) is 0 Å². The molecule has 1 saturated heterocycles. The monoisotopic (exact) mass is 245 g/mol. The lowest BCUT2D eigenvalue weighted by Crippen LogP contribution is -2.21. The van der Waals surface area contributed by atoms with Crippen LogP contribution in [0, 0.1) is 0 Å². The zero-order valence-electron chi connectivity index (χ0n) is 10.9. The molecule has 1 aliphatic carbocycles. The molecule has 98 valence electrons. The van der Waals surface area contributed by atoms with Gasteiger partial charge in [0.2, 0.25) is 0 Å². The van der Waals surface area contributed by atoms with Gasteiger partial charge in [0, 0.05) is 36.5 Å². The van der Waals surface area contributed by atoms with Gasteiger partial charge in [0.25, 0.3) is 0 Å². The van der Waals surface area contributed by atoms with Gasteiger partial charge in [-0.2, -0.15) is 0 Å². The van der Waals surface area contributed by atoms with E-state index >= 15 is 0 Å². The average Bonchev–Trinajstić information content (AvgIpc) is 3.01. The van der Waals surface area contributed by atoms with Crippen molar-refractivity contribution in [2.45, 2.75) is 44.2 Å². The fourth-order valence-electron chi connectivity index (χ4n) is 3.15.